The summed E-state index contributed by atoms with van der Waals surface area (Å²) >= 11 is 3.39. The summed E-state index contributed by atoms with van der Waals surface area (Å²) in [7, 11) is 3.62. The molecule has 2 aromatic heterocycles. The van der Waals surface area contributed by atoms with Crippen molar-refractivity contribution in [2.45, 2.75) is 19.1 Å². The summed E-state index contributed by atoms with van der Waals surface area (Å²) in [6.45, 7) is 1.57. The summed E-state index contributed by atoms with van der Waals surface area (Å²) in [6, 6.07) is 3.43. The van der Waals surface area contributed by atoms with Crippen molar-refractivity contribution in [1.29, 1.82) is 0 Å². The van der Waals surface area contributed by atoms with Gasteiger partial charge in [-0.05, 0) is 40.5 Å². The zero-order chi connectivity index (χ0) is 23.6. The number of nitrogens with one attached hydrogen (secondary N) is 1. The Hall–Kier alpha value is -3.35. The number of nitrogens with zero attached hydrogens (tertiary/aromatic N) is 6. The van der Waals surface area contributed by atoms with E-state index in [2.05, 4.69) is 41.2 Å². The Labute approximate surface area is 188 Å². The van der Waals surface area contributed by atoms with Gasteiger partial charge in [0.05, 0.1) is 32.7 Å². The number of alkyl halides is 3. The standard InChI is InChI=1S/C19H17BrF3N7O2/c1-10(11-4-12(19(21,22)23)6-13(5-11)30(31)32)27-16-14-7-15(20)18(26-9-29(2)3)28-17(14)25-8-24-16/h4-10H,1-3H3,(H,24,25,27,28)/t10-/m1/s1. The summed E-state index contributed by atoms with van der Waals surface area (Å²) in [4.78, 5) is 28.9. The highest BCUT2D eigenvalue weighted by Gasteiger charge is 2.33. The van der Waals surface area contributed by atoms with Gasteiger partial charge in [0.2, 0.25) is 0 Å². The molecule has 0 aliphatic rings. The van der Waals surface area contributed by atoms with Crippen LogP contribution in [-0.4, -0.2) is 45.2 Å². The van der Waals surface area contributed by atoms with E-state index >= 15 is 0 Å². The van der Waals surface area contributed by atoms with Gasteiger partial charge >= 0.3 is 6.18 Å². The number of benzene rings is 1. The second kappa shape index (κ2) is 9.02. The summed E-state index contributed by atoms with van der Waals surface area (Å²) < 4.78 is 40.2. The van der Waals surface area contributed by atoms with Crippen molar-refractivity contribution in [3.8, 4) is 0 Å². The molecule has 0 spiro atoms. The minimum atomic E-state index is -4.72. The van der Waals surface area contributed by atoms with Gasteiger partial charge in [0.25, 0.3) is 5.69 Å². The number of hydrogen-bond donors (Lipinski definition) is 1. The molecule has 1 aromatic carbocycles. The molecular formula is C19H17BrF3N7O2. The van der Waals surface area contributed by atoms with Gasteiger partial charge in [0.15, 0.2) is 11.5 Å². The van der Waals surface area contributed by atoms with Gasteiger partial charge in [-0.25, -0.2) is 19.9 Å². The number of halogens is 4. The average Bonchev–Trinajstić information content (AvgIpc) is 2.71. The monoisotopic (exact) mass is 511 g/mol. The van der Waals surface area contributed by atoms with Gasteiger partial charge in [0, 0.05) is 26.2 Å². The molecule has 3 aromatic rings. The Morgan fingerprint density at radius 3 is 2.59 bits per heavy atom. The summed E-state index contributed by atoms with van der Waals surface area (Å²) in [5.74, 6) is 0.691. The minimum absolute atomic E-state index is 0.0810. The van der Waals surface area contributed by atoms with E-state index in [9.17, 15) is 23.3 Å². The van der Waals surface area contributed by atoms with Crippen LogP contribution >= 0.6 is 15.9 Å². The maximum atomic E-state index is 13.2. The van der Waals surface area contributed by atoms with Crippen LogP contribution in [0, 0.1) is 10.1 Å². The highest BCUT2D eigenvalue weighted by molar-refractivity contribution is 9.10. The Kier molecular flexibility index (Phi) is 6.57. The first-order valence-electron chi connectivity index (χ1n) is 9.10. The molecule has 3 rings (SSSR count). The average molecular weight is 512 g/mol. The van der Waals surface area contributed by atoms with Crippen LogP contribution in [0.15, 0.2) is 40.1 Å². The number of hydrogen-bond acceptors (Lipinski definition) is 7. The SMILES string of the molecule is C[C@@H](Nc1ncnc2nc(N=CN(C)C)c(Br)cc12)c1cc([N+](=O)[O-])cc(C(F)(F)F)c1. The molecule has 9 nitrogen and oxygen atoms in total. The maximum absolute atomic E-state index is 13.2. The molecule has 0 unspecified atom stereocenters. The Balaban J connectivity index is 2.00. The van der Waals surface area contributed by atoms with E-state index in [1.165, 1.54) is 6.33 Å². The lowest BCUT2D eigenvalue weighted by Gasteiger charge is -2.18. The first-order chi connectivity index (χ1) is 15.0. The molecule has 0 saturated carbocycles. The van der Waals surface area contributed by atoms with Crippen LogP contribution in [0.25, 0.3) is 11.0 Å². The van der Waals surface area contributed by atoms with Gasteiger partial charge < -0.3 is 10.2 Å². The van der Waals surface area contributed by atoms with Crippen molar-refractivity contribution in [2.24, 2.45) is 4.99 Å². The smallest absolute Gasteiger partial charge is 0.369 e. The molecule has 0 amide bonds. The second-order valence-corrected chi connectivity index (χ2v) is 7.88. The predicted molar refractivity (Wildman–Crippen MR) is 117 cm³/mol. The molecule has 0 saturated heterocycles. The number of nitro groups is 1. The number of aliphatic imine (C=N–C) groups is 1. The number of fused-ring (bicyclic) bond motifs is 1. The quantitative estimate of drug-likeness (QED) is 0.212. The van der Waals surface area contributed by atoms with Crippen LogP contribution in [0.3, 0.4) is 0 Å². The molecule has 0 aliphatic heterocycles. The Morgan fingerprint density at radius 1 is 1.25 bits per heavy atom. The maximum Gasteiger partial charge on any atom is 0.416 e. The molecule has 32 heavy (non-hydrogen) atoms. The lowest BCUT2D eigenvalue weighted by atomic mass is 10.0. The number of nitro benzene ring substituents is 1. The third-order valence-electron chi connectivity index (χ3n) is 4.30. The third-order valence-corrected chi connectivity index (χ3v) is 4.89. The molecule has 13 heteroatoms. The van der Waals surface area contributed by atoms with Gasteiger partial charge in [-0.3, -0.25) is 10.1 Å². The van der Waals surface area contributed by atoms with Crippen LogP contribution in [0.5, 0.6) is 0 Å². The van der Waals surface area contributed by atoms with Crippen LogP contribution in [0.1, 0.15) is 24.1 Å². The molecule has 0 aliphatic carbocycles. The molecule has 0 fully saturated rings. The van der Waals surface area contributed by atoms with E-state index in [4.69, 9.17) is 0 Å². The van der Waals surface area contributed by atoms with E-state index < -0.39 is 28.4 Å². The first kappa shape index (κ1) is 23.3. The molecule has 168 valence electrons. The van der Waals surface area contributed by atoms with E-state index in [0.29, 0.717) is 33.2 Å². The minimum Gasteiger partial charge on any atom is -0.369 e. The summed E-state index contributed by atoms with van der Waals surface area (Å²) in [5, 5.41) is 14.6. The molecular weight excluding hydrogens is 495 g/mol. The number of pyridine rings is 1. The van der Waals surface area contributed by atoms with Gasteiger partial charge in [0.1, 0.15) is 12.1 Å². The topological polar surface area (TPSA) is 109 Å². The van der Waals surface area contributed by atoms with E-state index in [-0.39, 0.29) is 5.56 Å². The fourth-order valence-electron chi connectivity index (χ4n) is 2.77. The highest BCUT2D eigenvalue weighted by Crippen LogP contribution is 2.35. The number of anilines is 1. The van der Waals surface area contributed by atoms with Crippen molar-refractivity contribution in [2.75, 3.05) is 19.4 Å². The lowest BCUT2D eigenvalue weighted by molar-refractivity contribution is -0.385. The number of rotatable bonds is 6. The highest BCUT2D eigenvalue weighted by atomic mass is 79.9. The fourth-order valence-corrected chi connectivity index (χ4v) is 3.19. The van der Waals surface area contributed by atoms with Crippen molar-refractivity contribution < 1.29 is 18.1 Å². The largest absolute Gasteiger partial charge is 0.416 e. The molecule has 2 heterocycles. The number of aromatic nitrogens is 3. The normalized spacial score (nSPS) is 12.8. The van der Waals surface area contributed by atoms with Crippen molar-refractivity contribution in [3.05, 3.63) is 56.3 Å². The van der Waals surface area contributed by atoms with Crippen molar-refractivity contribution >= 4 is 50.6 Å². The van der Waals surface area contributed by atoms with Crippen molar-refractivity contribution in [3.63, 3.8) is 0 Å². The first-order valence-corrected chi connectivity index (χ1v) is 9.90. The van der Waals surface area contributed by atoms with Gasteiger partial charge in [-0.1, -0.05) is 0 Å². The zero-order valence-electron chi connectivity index (χ0n) is 17.1. The Morgan fingerprint density at radius 2 is 1.97 bits per heavy atom. The third kappa shape index (κ3) is 5.28. The van der Waals surface area contributed by atoms with Crippen molar-refractivity contribution in [1.82, 2.24) is 19.9 Å². The summed E-state index contributed by atoms with van der Waals surface area (Å²) in [5.41, 5.74) is -1.35. The second-order valence-electron chi connectivity index (χ2n) is 7.03. The summed E-state index contributed by atoms with van der Waals surface area (Å²) in [6.07, 6.45) is -1.89. The van der Waals surface area contributed by atoms with Crippen LogP contribution in [0.4, 0.5) is 30.5 Å². The lowest BCUT2D eigenvalue weighted by Crippen LogP contribution is -2.12. The van der Waals surface area contributed by atoms with Crippen LogP contribution in [-0.2, 0) is 6.18 Å². The zero-order valence-corrected chi connectivity index (χ0v) is 18.6. The molecule has 1 atom stereocenters. The Bertz CT molecular complexity index is 1200. The van der Waals surface area contributed by atoms with E-state index in [1.807, 2.05) is 14.1 Å². The van der Waals surface area contributed by atoms with Crippen LogP contribution in [0.2, 0.25) is 0 Å². The van der Waals surface area contributed by atoms with E-state index in [1.54, 1.807) is 24.2 Å². The van der Waals surface area contributed by atoms with Crippen LogP contribution < -0.4 is 5.32 Å². The van der Waals surface area contributed by atoms with E-state index in [0.717, 1.165) is 12.1 Å². The predicted octanol–water partition coefficient (Wildman–Crippen LogP) is 5.11. The fraction of sp³-hybridized carbons (Fsp3) is 0.263. The molecule has 0 radical (unpaired) electrons. The molecule has 0 bridgehead atoms. The van der Waals surface area contributed by atoms with Gasteiger partial charge in [-0.15, -0.1) is 0 Å². The number of non-ortho nitro benzene ring substituents is 1. The molecule has 1 N–H and O–H groups in total. The van der Waals surface area contributed by atoms with Gasteiger partial charge in [-0.2, -0.15) is 13.2 Å².